The SMILES string of the molecule is CC1CC(C)C(N(C)Cc2nccn2C)C(N)C1. The van der Waals surface area contributed by atoms with Gasteiger partial charge in [0.2, 0.25) is 0 Å². The molecule has 0 amide bonds. The van der Waals surface area contributed by atoms with E-state index in [-0.39, 0.29) is 6.04 Å². The van der Waals surface area contributed by atoms with Gasteiger partial charge in [0.25, 0.3) is 0 Å². The van der Waals surface area contributed by atoms with E-state index in [1.54, 1.807) is 0 Å². The first-order valence-electron chi connectivity index (χ1n) is 6.91. The first kappa shape index (κ1) is 13.6. The number of aromatic nitrogens is 2. The van der Waals surface area contributed by atoms with E-state index < -0.39 is 0 Å². The monoisotopic (exact) mass is 250 g/mol. The molecule has 2 N–H and O–H groups in total. The molecule has 0 radical (unpaired) electrons. The minimum atomic E-state index is 0.286. The van der Waals surface area contributed by atoms with Crippen LogP contribution >= 0.6 is 0 Å². The fourth-order valence-corrected chi connectivity index (χ4v) is 3.53. The Morgan fingerprint density at radius 3 is 2.72 bits per heavy atom. The van der Waals surface area contributed by atoms with Crippen LogP contribution in [0.5, 0.6) is 0 Å². The summed E-state index contributed by atoms with van der Waals surface area (Å²) in [6, 6.07) is 0.756. The Bertz CT molecular complexity index is 375. The first-order chi connectivity index (χ1) is 8.49. The molecule has 1 heterocycles. The molecule has 1 fully saturated rings. The highest BCUT2D eigenvalue weighted by molar-refractivity contribution is 4.96. The molecule has 0 spiro atoms. The topological polar surface area (TPSA) is 47.1 Å². The lowest BCUT2D eigenvalue weighted by atomic mass is 9.76. The number of hydrogen-bond acceptors (Lipinski definition) is 3. The molecule has 1 aliphatic carbocycles. The van der Waals surface area contributed by atoms with Gasteiger partial charge in [-0.1, -0.05) is 13.8 Å². The van der Waals surface area contributed by atoms with Crippen LogP contribution in [0.2, 0.25) is 0 Å². The van der Waals surface area contributed by atoms with Crippen molar-refractivity contribution in [1.29, 1.82) is 0 Å². The number of aryl methyl sites for hydroxylation is 1. The molecule has 0 aliphatic heterocycles. The van der Waals surface area contributed by atoms with Crippen LogP contribution in [0, 0.1) is 11.8 Å². The Morgan fingerprint density at radius 1 is 1.44 bits per heavy atom. The maximum absolute atomic E-state index is 6.36. The zero-order valence-corrected chi connectivity index (χ0v) is 12.0. The van der Waals surface area contributed by atoms with E-state index in [1.807, 2.05) is 19.4 Å². The van der Waals surface area contributed by atoms with Gasteiger partial charge in [-0.05, 0) is 31.7 Å². The molecule has 4 nitrogen and oxygen atoms in total. The maximum atomic E-state index is 6.36. The lowest BCUT2D eigenvalue weighted by molar-refractivity contribution is 0.0885. The minimum Gasteiger partial charge on any atom is -0.337 e. The Balaban J connectivity index is 2.04. The highest BCUT2D eigenvalue weighted by Crippen LogP contribution is 2.31. The van der Waals surface area contributed by atoms with Gasteiger partial charge in [0, 0.05) is 31.5 Å². The lowest BCUT2D eigenvalue weighted by Crippen LogP contribution is -2.53. The molecule has 1 aliphatic rings. The van der Waals surface area contributed by atoms with Gasteiger partial charge >= 0.3 is 0 Å². The molecule has 0 bridgehead atoms. The van der Waals surface area contributed by atoms with Gasteiger partial charge in [0.05, 0.1) is 6.54 Å². The summed E-state index contributed by atoms with van der Waals surface area (Å²) in [6.07, 6.45) is 6.27. The Morgan fingerprint density at radius 2 is 2.17 bits per heavy atom. The molecule has 1 aromatic rings. The summed E-state index contributed by atoms with van der Waals surface area (Å²) in [5, 5.41) is 0. The summed E-state index contributed by atoms with van der Waals surface area (Å²) in [7, 11) is 4.22. The fourth-order valence-electron chi connectivity index (χ4n) is 3.53. The van der Waals surface area contributed by atoms with E-state index in [1.165, 1.54) is 6.42 Å². The maximum Gasteiger partial charge on any atom is 0.122 e. The second-order valence-electron chi connectivity index (χ2n) is 6.08. The van der Waals surface area contributed by atoms with Crippen molar-refractivity contribution in [3.63, 3.8) is 0 Å². The third-order valence-electron chi connectivity index (χ3n) is 4.29. The van der Waals surface area contributed by atoms with Gasteiger partial charge in [-0.2, -0.15) is 0 Å². The van der Waals surface area contributed by atoms with Crippen LogP contribution in [0.15, 0.2) is 12.4 Å². The molecule has 4 unspecified atom stereocenters. The Kier molecular flexibility index (Phi) is 4.07. The molecule has 2 rings (SSSR count). The van der Waals surface area contributed by atoms with Crippen molar-refractivity contribution in [1.82, 2.24) is 14.5 Å². The Hall–Kier alpha value is -0.870. The third kappa shape index (κ3) is 2.75. The summed E-state index contributed by atoms with van der Waals surface area (Å²) >= 11 is 0. The van der Waals surface area contributed by atoms with E-state index in [2.05, 4.69) is 35.3 Å². The van der Waals surface area contributed by atoms with E-state index >= 15 is 0 Å². The van der Waals surface area contributed by atoms with Gasteiger partial charge in [-0.25, -0.2) is 4.98 Å². The van der Waals surface area contributed by atoms with Crippen LogP contribution in [0.4, 0.5) is 0 Å². The fraction of sp³-hybridized carbons (Fsp3) is 0.786. The van der Waals surface area contributed by atoms with Crippen LogP contribution in [0.3, 0.4) is 0 Å². The van der Waals surface area contributed by atoms with Crippen LogP contribution in [0.25, 0.3) is 0 Å². The molecule has 0 saturated heterocycles. The minimum absolute atomic E-state index is 0.286. The van der Waals surface area contributed by atoms with Crippen molar-refractivity contribution >= 4 is 0 Å². The van der Waals surface area contributed by atoms with Gasteiger partial charge in [0.1, 0.15) is 5.82 Å². The van der Waals surface area contributed by atoms with E-state index in [0.29, 0.717) is 12.0 Å². The smallest absolute Gasteiger partial charge is 0.122 e. The second-order valence-corrected chi connectivity index (χ2v) is 6.08. The van der Waals surface area contributed by atoms with Gasteiger partial charge in [0.15, 0.2) is 0 Å². The molecule has 102 valence electrons. The van der Waals surface area contributed by atoms with Gasteiger partial charge in [-0.15, -0.1) is 0 Å². The third-order valence-corrected chi connectivity index (χ3v) is 4.29. The first-order valence-corrected chi connectivity index (χ1v) is 6.91. The van der Waals surface area contributed by atoms with E-state index in [0.717, 1.165) is 24.7 Å². The lowest BCUT2D eigenvalue weighted by Gasteiger charge is -2.42. The number of nitrogens with zero attached hydrogens (tertiary/aromatic N) is 3. The van der Waals surface area contributed by atoms with E-state index in [9.17, 15) is 0 Å². The average molecular weight is 250 g/mol. The van der Waals surface area contributed by atoms with E-state index in [4.69, 9.17) is 5.73 Å². The zero-order chi connectivity index (χ0) is 13.3. The molecule has 1 saturated carbocycles. The standard InChI is InChI=1S/C14H26N4/c1-10-7-11(2)14(12(15)8-10)18(4)9-13-16-5-6-17(13)3/h5-6,10-12,14H,7-9,15H2,1-4H3. The summed E-state index contributed by atoms with van der Waals surface area (Å²) in [5.41, 5.74) is 6.36. The molecule has 4 atom stereocenters. The van der Waals surface area contributed by atoms with Crippen molar-refractivity contribution in [2.24, 2.45) is 24.6 Å². The number of hydrogen-bond donors (Lipinski definition) is 1. The predicted molar refractivity (Wildman–Crippen MR) is 74.0 cm³/mol. The normalized spacial score (nSPS) is 33.0. The highest BCUT2D eigenvalue weighted by atomic mass is 15.2. The van der Waals surface area contributed by atoms with Gasteiger partial charge in [-0.3, -0.25) is 4.90 Å². The summed E-state index contributed by atoms with van der Waals surface area (Å²) in [6.45, 7) is 5.51. The van der Waals surface area contributed by atoms with Gasteiger partial charge < -0.3 is 10.3 Å². The molecule has 1 aromatic heterocycles. The number of imidazole rings is 1. The second kappa shape index (κ2) is 5.41. The summed E-state index contributed by atoms with van der Waals surface area (Å²) in [5.74, 6) is 2.53. The largest absolute Gasteiger partial charge is 0.337 e. The van der Waals surface area contributed by atoms with Crippen LogP contribution in [-0.2, 0) is 13.6 Å². The Labute approximate surface area is 110 Å². The number of likely N-dealkylation sites (N-methyl/N-ethyl adjacent to an activating group) is 1. The molecule has 4 heteroatoms. The average Bonchev–Trinajstić information content (AvgIpc) is 2.62. The highest BCUT2D eigenvalue weighted by Gasteiger charge is 2.34. The number of nitrogens with two attached hydrogens (primary N) is 1. The van der Waals surface area contributed by atoms with Crippen molar-refractivity contribution in [2.45, 2.75) is 45.3 Å². The molecular weight excluding hydrogens is 224 g/mol. The van der Waals surface area contributed by atoms with Crippen molar-refractivity contribution in [3.8, 4) is 0 Å². The van der Waals surface area contributed by atoms with Crippen LogP contribution in [-0.4, -0.2) is 33.6 Å². The predicted octanol–water partition coefficient (Wildman–Crippen LogP) is 1.61. The summed E-state index contributed by atoms with van der Waals surface area (Å²) in [4.78, 5) is 6.77. The van der Waals surface area contributed by atoms with Crippen molar-refractivity contribution in [3.05, 3.63) is 18.2 Å². The quantitative estimate of drug-likeness (QED) is 0.886. The summed E-state index contributed by atoms with van der Waals surface area (Å²) < 4.78 is 2.08. The number of rotatable bonds is 3. The zero-order valence-electron chi connectivity index (χ0n) is 12.0. The molecular formula is C14H26N4. The van der Waals surface area contributed by atoms with Crippen molar-refractivity contribution in [2.75, 3.05) is 7.05 Å². The molecule has 18 heavy (non-hydrogen) atoms. The van der Waals surface area contributed by atoms with Crippen LogP contribution in [0.1, 0.15) is 32.5 Å². The molecule has 0 aromatic carbocycles. The van der Waals surface area contributed by atoms with Crippen LogP contribution < -0.4 is 5.73 Å². The van der Waals surface area contributed by atoms with Crippen molar-refractivity contribution < 1.29 is 0 Å².